The number of hydrogen-bond acceptors (Lipinski definition) is 2. The first-order valence-corrected chi connectivity index (χ1v) is 5.17. The van der Waals surface area contributed by atoms with Crippen molar-refractivity contribution >= 4 is 5.69 Å². The molecule has 2 nitrogen and oxygen atoms in total. The SMILES string of the molecule is N#Cc1cc(N2CC3(CC3)C2)ccc1F. The Labute approximate surface area is 87.9 Å². The van der Waals surface area contributed by atoms with Crippen molar-refractivity contribution in [3.05, 3.63) is 29.6 Å². The Bertz CT molecular complexity index is 449. The Kier molecular flexibility index (Phi) is 1.59. The molecule has 1 heterocycles. The molecule has 3 rings (SSSR count). The van der Waals surface area contributed by atoms with E-state index < -0.39 is 5.82 Å². The van der Waals surface area contributed by atoms with E-state index in [4.69, 9.17) is 5.26 Å². The lowest BCUT2D eigenvalue weighted by atomic mass is 9.96. The van der Waals surface area contributed by atoms with Gasteiger partial charge in [0.15, 0.2) is 0 Å². The van der Waals surface area contributed by atoms with Crippen LogP contribution in [0.4, 0.5) is 10.1 Å². The van der Waals surface area contributed by atoms with E-state index in [0.29, 0.717) is 5.41 Å². The van der Waals surface area contributed by atoms with E-state index in [1.54, 1.807) is 12.1 Å². The topological polar surface area (TPSA) is 27.0 Å². The molecule has 0 aromatic heterocycles. The van der Waals surface area contributed by atoms with Gasteiger partial charge in [0.05, 0.1) is 5.56 Å². The number of benzene rings is 1. The first-order chi connectivity index (χ1) is 7.22. The molecule has 1 saturated carbocycles. The molecule has 1 aliphatic carbocycles. The summed E-state index contributed by atoms with van der Waals surface area (Å²) in [7, 11) is 0. The molecule has 2 aliphatic rings. The van der Waals surface area contributed by atoms with E-state index >= 15 is 0 Å². The molecule has 1 saturated heterocycles. The third kappa shape index (κ3) is 1.29. The molecule has 1 aromatic rings. The van der Waals surface area contributed by atoms with Gasteiger partial charge in [0.2, 0.25) is 0 Å². The van der Waals surface area contributed by atoms with Gasteiger partial charge in [0, 0.05) is 24.2 Å². The number of anilines is 1. The highest BCUT2D eigenvalue weighted by Gasteiger charge is 2.52. The molecule has 2 fully saturated rings. The molecule has 1 aromatic carbocycles. The molecular formula is C12H11FN2. The summed E-state index contributed by atoms with van der Waals surface area (Å²) in [6.45, 7) is 2.15. The molecule has 3 heteroatoms. The minimum Gasteiger partial charge on any atom is -0.370 e. The lowest BCUT2D eigenvalue weighted by Gasteiger charge is -2.41. The van der Waals surface area contributed by atoms with E-state index in [-0.39, 0.29) is 5.56 Å². The molecule has 0 atom stereocenters. The Balaban J connectivity index is 1.84. The van der Waals surface area contributed by atoms with Crippen LogP contribution in [-0.4, -0.2) is 13.1 Å². The van der Waals surface area contributed by atoms with Crippen molar-refractivity contribution in [2.45, 2.75) is 12.8 Å². The van der Waals surface area contributed by atoms with Crippen LogP contribution in [-0.2, 0) is 0 Å². The molecule has 0 unspecified atom stereocenters. The van der Waals surface area contributed by atoms with Crippen molar-refractivity contribution in [2.24, 2.45) is 5.41 Å². The van der Waals surface area contributed by atoms with E-state index in [1.165, 1.54) is 18.9 Å². The van der Waals surface area contributed by atoms with Crippen molar-refractivity contribution in [2.75, 3.05) is 18.0 Å². The summed E-state index contributed by atoms with van der Waals surface area (Å²) in [5.74, 6) is -0.428. The summed E-state index contributed by atoms with van der Waals surface area (Å²) in [4.78, 5) is 2.22. The Morgan fingerprint density at radius 3 is 2.67 bits per heavy atom. The maximum Gasteiger partial charge on any atom is 0.141 e. The van der Waals surface area contributed by atoms with Gasteiger partial charge in [-0.05, 0) is 31.0 Å². The van der Waals surface area contributed by atoms with Crippen LogP contribution in [0, 0.1) is 22.6 Å². The molecular weight excluding hydrogens is 191 g/mol. The number of hydrogen-bond donors (Lipinski definition) is 0. The fourth-order valence-corrected chi connectivity index (χ4v) is 2.23. The fourth-order valence-electron chi connectivity index (χ4n) is 2.23. The highest BCUT2D eigenvalue weighted by molar-refractivity contribution is 5.55. The summed E-state index contributed by atoms with van der Waals surface area (Å²) in [5.41, 5.74) is 1.70. The Morgan fingerprint density at radius 2 is 2.07 bits per heavy atom. The van der Waals surface area contributed by atoms with Crippen LogP contribution in [0.5, 0.6) is 0 Å². The number of nitrogens with zero attached hydrogens (tertiary/aromatic N) is 2. The minimum atomic E-state index is -0.428. The standard InChI is InChI=1S/C12H11FN2/c13-11-2-1-10(5-9(11)6-14)15-7-12(8-15)3-4-12/h1-2,5H,3-4,7-8H2. The third-order valence-corrected chi connectivity index (χ3v) is 3.45. The van der Waals surface area contributed by atoms with Gasteiger partial charge in [-0.15, -0.1) is 0 Å². The molecule has 1 spiro atoms. The summed E-state index contributed by atoms with van der Waals surface area (Å²) >= 11 is 0. The molecule has 0 radical (unpaired) electrons. The molecule has 76 valence electrons. The third-order valence-electron chi connectivity index (χ3n) is 3.45. The lowest BCUT2D eigenvalue weighted by molar-refractivity contribution is 0.387. The maximum atomic E-state index is 13.1. The summed E-state index contributed by atoms with van der Waals surface area (Å²) in [6.07, 6.45) is 2.66. The second-order valence-electron chi connectivity index (χ2n) is 4.63. The number of halogens is 1. The van der Waals surface area contributed by atoms with Crippen molar-refractivity contribution in [3.63, 3.8) is 0 Å². The zero-order chi connectivity index (χ0) is 10.5. The van der Waals surface area contributed by atoms with Crippen LogP contribution in [0.1, 0.15) is 18.4 Å². The summed E-state index contributed by atoms with van der Waals surface area (Å²) < 4.78 is 13.1. The van der Waals surface area contributed by atoms with Gasteiger partial charge in [-0.25, -0.2) is 4.39 Å². The molecule has 0 bridgehead atoms. The number of nitriles is 1. The smallest absolute Gasteiger partial charge is 0.141 e. The fraction of sp³-hybridized carbons (Fsp3) is 0.417. The zero-order valence-electron chi connectivity index (χ0n) is 8.33. The molecule has 0 N–H and O–H groups in total. The van der Waals surface area contributed by atoms with Gasteiger partial charge < -0.3 is 4.90 Å². The van der Waals surface area contributed by atoms with Crippen LogP contribution in [0.2, 0.25) is 0 Å². The van der Waals surface area contributed by atoms with Crippen LogP contribution < -0.4 is 4.90 Å². The summed E-state index contributed by atoms with van der Waals surface area (Å²) in [5, 5.41) is 8.72. The highest BCUT2D eigenvalue weighted by Crippen LogP contribution is 2.53. The minimum absolute atomic E-state index is 0.143. The number of rotatable bonds is 1. The first kappa shape index (κ1) is 8.72. The van der Waals surface area contributed by atoms with E-state index in [9.17, 15) is 4.39 Å². The van der Waals surface area contributed by atoms with E-state index in [0.717, 1.165) is 18.8 Å². The average Bonchev–Trinajstić information content (AvgIpc) is 2.96. The predicted octanol–water partition coefficient (Wildman–Crippen LogP) is 2.30. The normalized spacial score (nSPS) is 20.9. The highest BCUT2D eigenvalue weighted by atomic mass is 19.1. The van der Waals surface area contributed by atoms with Gasteiger partial charge >= 0.3 is 0 Å². The Hall–Kier alpha value is -1.56. The maximum absolute atomic E-state index is 13.1. The summed E-state index contributed by atoms with van der Waals surface area (Å²) in [6, 6.07) is 6.65. The molecule has 15 heavy (non-hydrogen) atoms. The van der Waals surface area contributed by atoms with E-state index in [2.05, 4.69) is 4.90 Å². The zero-order valence-corrected chi connectivity index (χ0v) is 8.33. The predicted molar refractivity (Wildman–Crippen MR) is 55.0 cm³/mol. The Morgan fingerprint density at radius 1 is 1.33 bits per heavy atom. The second-order valence-corrected chi connectivity index (χ2v) is 4.63. The molecule has 0 amide bonds. The van der Waals surface area contributed by atoms with E-state index in [1.807, 2.05) is 6.07 Å². The van der Waals surface area contributed by atoms with Crippen molar-refractivity contribution in [3.8, 4) is 6.07 Å². The quantitative estimate of drug-likeness (QED) is 0.698. The van der Waals surface area contributed by atoms with Gasteiger partial charge in [0.25, 0.3) is 0 Å². The largest absolute Gasteiger partial charge is 0.370 e. The van der Waals surface area contributed by atoms with Crippen LogP contribution >= 0.6 is 0 Å². The lowest BCUT2D eigenvalue weighted by Crippen LogP contribution is -2.48. The second kappa shape index (κ2) is 2.73. The van der Waals surface area contributed by atoms with Crippen LogP contribution in [0.15, 0.2) is 18.2 Å². The van der Waals surface area contributed by atoms with Crippen molar-refractivity contribution in [1.82, 2.24) is 0 Å². The molecule has 1 aliphatic heterocycles. The first-order valence-electron chi connectivity index (χ1n) is 5.17. The van der Waals surface area contributed by atoms with Gasteiger partial charge in [-0.1, -0.05) is 0 Å². The van der Waals surface area contributed by atoms with Crippen molar-refractivity contribution < 1.29 is 4.39 Å². The van der Waals surface area contributed by atoms with Gasteiger partial charge in [-0.3, -0.25) is 0 Å². The van der Waals surface area contributed by atoms with Crippen molar-refractivity contribution in [1.29, 1.82) is 5.26 Å². The van der Waals surface area contributed by atoms with Gasteiger partial charge in [-0.2, -0.15) is 5.26 Å². The monoisotopic (exact) mass is 202 g/mol. The van der Waals surface area contributed by atoms with Gasteiger partial charge in [0.1, 0.15) is 11.9 Å². The van der Waals surface area contributed by atoms with Crippen LogP contribution in [0.3, 0.4) is 0 Å². The van der Waals surface area contributed by atoms with Crippen LogP contribution in [0.25, 0.3) is 0 Å². The average molecular weight is 202 g/mol.